The van der Waals surface area contributed by atoms with E-state index in [1.807, 2.05) is 6.07 Å². The molecule has 0 unspecified atom stereocenters. The number of halogens is 4. The molecular weight excluding hydrogens is 341 g/mol. The van der Waals surface area contributed by atoms with E-state index in [1.165, 1.54) is 6.07 Å². The van der Waals surface area contributed by atoms with Crippen molar-refractivity contribution in [1.82, 2.24) is 15.2 Å². The van der Waals surface area contributed by atoms with Gasteiger partial charge < -0.3 is 5.73 Å². The largest absolute Gasteiger partial charge is 0.416 e. The molecule has 1 aromatic heterocycles. The summed E-state index contributed by atoms with van der Waals surface area (Å²) in [4.78, 5) is 4.12. The third-order valence-electron chi connectivity index (χ3n) is 3.25. The second kappa shape index (κ2) is 6.09. The van der Waals surface area contributed by atoms with E-state index in [-0.39, 0.29) is 22.2 Å². The van der Waals surface area contributed by atoms with Gasteiger partial charge in [0.2, 0.25) is 5.95 Å². The SMILES string of the molecule is Nc1nnc(-c2cc(Cl)cc(C(F)(F)F)c2)c(-c2ccccc2)n1. The summed E-state index contributed by atoms with van der Waals surface area (Å²) in [6.07, 6.45) is -4.53. The zero-order valence-electron chi connectivity index (χ0n) is 12.0. The fourth-order valence-electron chi connectivity index (χ4n) is 2.22. The van der Waals surface area contributed by atoms with Gasteiger partial charge in [0.15, 0.2) is 0 Å². The highest BCUT2D eigenvalue weighted by molar-refractivity contribution is 6.31. The number of hydrogen-bond donors (Lipinski definition) is 1. The maximum atomic E-state index is 13.0. The van der Waals surface area contributed by atoms with Crippen LogP contribution in [-0.2, 0) is 6.18 Å². The zero-order valence-corrected chi connectivity index (χ0v) is 12.8. The molecule has 0 aliphatic heterocycles. The van der Waals surface area contributed by atoms with E-state index < -0.39 is 11.7 Å². The first-order valence-corrected chi connectivity index (χ1v) is 7.16. The van der Waals surface area contributed by atoms with Crippen LogP contribution in [0.15, 0.2) is 48.5 Å². The normalized spacial score (nSPS) is 11.5. The number of hydrogen-bond acceptors (Lipinski definition) is 4. The van der Waals surface area contributed by atoms with Crippen LogP contribution in [0.25, 0.3) is 22.5 Å². The topological polar surface area (TPSA) is 64.7 Å². The maximum Gasteiger partial charge on any atom is 0.416 e. The van der Waals surface area contributed by atoms with Gasteiger partial charge in [0, 0.05) is 16.1 Å². The van der Waals surface area contributed by atoms with E-state index in [9.17, 15) is 13.2 Å². The van der Waals surface area contributed by atoms with Crippen molar-refractivity contribution in [2.45, 2.75) is 6.18 Å². The monoisotopic (exact) mass is 350 g/mol. The lowest BCUT2D eigenvalue weighted by atomic mass is 10.0. The van der Waals surface area contributed by atoms with Gasteiger partial charge in [-0.1, -0.05) is 41.9 Å². The molecule has 0 amide bonds. The summed E-state index contributed by atoms with van der Waals surface area (Å²) in [5.74, 6) is -0.0734. The standard InChI is InChI=1S/C16H10ClF3N4/c17-12-7-10(6-11(8-12)16(18,19)20)14-13(22-15(21)24-23-14)9-4-2-1-3-5-9/h1-8H,(H2,21,22,24). The quantitative estimate of drug-likeness (QED) is 0.741. The Morgan fingerprint density at radius 3 is 2.25 bits per heavy atom. The molecule has 0 saturated carbocycles. The van der Waals surface area contributed by atoms with Gasteiger partial charge in [0.25, 0.3) is 0 Å². The van der Waals surface area contributed by atoms with E-state index in [2.05, 4.69) is 15.2 Å². The minimum absolute atomic E-state index is 0.0579. The first-order valence-electron chi connectivity index (χ1n) is 6.78. The molecule has 3 aromatic rings. The van der Waals surface area contributed by atoms with Gasteiger partial charge in [0.05, 0.1) is 5.56 Å². The molecule has 0 saturated heterocycles. The van der Waals surface area contributed by atoms with Crippen LogP contribution >= 0.6 is 11.6 Å². The lowest BCUT2D eigenvalue weighted by molar-refractivity contribution is -0.137. The molecule has 24 heavy (non-hydrogen) atoms. The number of benzene rings is 2. The van der Waals surface area contributed by atoms with Crippen LogP contribution in [0.4, 0.5) is 19.1 Å². The van der Waals surface area contributed by atoms with E-state index in [4.69, 9.17) is 17.3 Å². The van der Waals surface area contributed by atoms with Crippen molar-refractivity contribution in [3.05, 3.63) is 59.1 Å². The highest BCUT2D eigenvalue weighted by atomic mass is 35.5. The lowest BCUT2D eigenvalue weighted by Crippen LogP contribution is -2.06. The molecule has 0 spiro atoms. The van der Waals surface area contributed by atoms with Crippen LogP contribution in [-0.4, -0.2) is 15.2 Å². The van der Waals surface area contributed by atoms with Crippen molar-refractivity contribution in [2.75, 3.05) is 5.73 Å². The van der Waals surface area contributed by atoms with Crippen molar-refractivity contribution < 1.29 is 13.2 Å². The van der Waals surface area contributed by atoms with E-state index in [1.54, 1.807) is 24.3 Å². The smallest absolute Gasteiger partial charge is 0.366 e. The second-order valence-corrected chi connectivity index (χ2v) is 5.40. The van der Waals surface area contributed by atoms with Crippen molar-refractivity contribution in [3.8, 4) is 22.5 Å². The first kappa shape index (κ1) is 16.2. The third-order valence-corrected chi connectivity index (χ3v) is 3.47. The molecule has 0 aliphatic carbocycles. The van der Waals surface area contributed by atoms with Gasteiger partial charge >= 0.3 is 6.18 Å². The number of nitrogen functional groups attached to an aromatic ring is 1. The average Bonchev–Trinajstić information content (AvgIpc) is 2.54. The van der Waals surface area contributed by atoms with Crippen molar-refractivity contribution >= 4 is 17.5 Å². The minimum Gasteiger partial charge on any atom is -0.366 e. The number of aromatic nitrogens is 3. The molecule has 0 bridgehead atoms. The van der Waals surface area contributed by atoms with E-state index in [0.29, 0.717) is 11.3 Å². The summed E-state index contributed by atoms with van der Waals surface area (Å²) in [6, 6.07) is 12.1. The molecule has 0 atom stereocenters. The van der Waals surface area contributed by atoms with Crippen LogP contribution < -0.4 is 5.73 Å². The summed E-state index contributed by atoms with van der Waals surface area (Å²) in [5.41, 5.74) is 6.03. The number of anilines is 1. The zero-order chi connectivity index (χ0) is 17.3. The van der Waals surface area contributed by atoms with Crippen LogP contribution in [0.2, 0.25) is 5.02 Å². The second-order valence-electron chi connectivity index (χ2n) is 4.96. The predicted molar refractivity (Wildman–Crippen MR) is 85.1 cm³/mol. The molecule has 0 aliphatic rings. The summed E-state index contributed by atoms with van der Waals surface area (Å²) < 4.78 is 39.1. The highest BCUT2D eigenvalue weighted by Gasteiger charge is 2.31. The third kappa shape index (κ3) is 3.30. The molecule has 0 fully saturated rings. The molecule has 122 valence electrons. The van der Waals surface area contributed by atoms with Crippen LogP contribution in [0.5, 0.6) is 0 Å². The van der Waals surface area contributed by atoms with Gasteiger partial charge in [-0.25, -0.2) is 4.98 Å². The van der Waals surface area contributed by atoms with Crippen molar-refractivity contribution in [3.63, 3.8) is 0 Å². The van der Waals surface area contributed by atoms with Gasteiger partial charge in [-0.05, 0) is 18.2 Å². The Kier molecular flexibility index (Phi) is 4.11. The van der Waals surface area contributed by atoms with Crippen LogP contribution in [0, 0.1) is 0 Å². The lowest BCUT2D eigenvalue weighted by Gasteiger charge is -2.12. The summed E-state index contributed by atoms with van der Waals surface area (Å²) >= 11 is 5.84. The van der Waals surface area contributed by atoms with Gasteiger partial charge in [0.1, 0.15) is 11.4 Å². The maximum absolute atomic E-state index is 13.0. The molecular formula is C16H10ClF3N4. The Morgan fingerprint density at radius 2 is 1.58 bits per heavy atom. The number of nitrogens with zero attached hydrogens (tertiary/aromatic N) is 3. The molecule has 0 radical (unpaired) electrons. The Morgan fingerprint density at radius 1 is 0.875 bits per heavy atom. The number of nitrogens with two attached hydrogens (primary N) is 1. The van der Waals surface area contributed by atoms with Crippen LogP contribution in [0.3, 0.4) is 0 Å². The molecule has 3 rings (SSSR count). The summed E-state index contributed by atoms with van der Waals surface area (Å²) in [7, 11) is 0. The minimum atomic E-state index is -4.53. The van der Waals surface area contributed by atoms with E-state index in [0.717, 1.165) is 12.1 Å². The fourth-order valence-corrected chi connectivity index (χ4v) is 2.46. The van der Waals surface area contributed by atoms with Gasteiger partial charge in [-0.3, -0.25) is 0 Å². The van der Waals surface area contributed by atoms with E-state index >= 15 is 0 Å². The van der Waals surface area contributed by atoms with Crippen molar-refractivity contribution in [1.29, 1.82) is 0 Å². The fraction of sp³-hybridized carbons (Fsp3) is 0.0625. The predicted octanol–water partition coefficient (Wildman–Crippen LogP) is 4.46. The molecule has 8 heteroatoms. The van der Waals surface area contributed by atoms with Gasteiger partial charge in [-0.15, -0.1) is 10.2 Å². The van der Waals surface area contributed by atoms with Gasteiger partial charge in [-0.2, -0.15) is 13.2 Å². The average molecular weight is 351 g/mol. The number of alkyl halides is 3. The summed E-state index contributed by atoms with van der Waals surface area (Å²) in [6.45, 7) is 0. The first-order chi connectivity index (χ1) is 11.3. The Hall–Kier alpha value is -2.67. The summed E-state index contributed by atoms with van der Waals surface area (Å²) in [5, 5.41) is 7.52. The Bertz CT molecular complexity index is 882. The Labute approximate surface area is 140 Å². The highest BCUT2D eigenvalue weighted by Crippen LogP contribution is 2.36. The molecule has 4 nitrogen and oxygen atoms in total. The Balaban J connectivity index is 2.23. The van der Waals surface area contributed by atoms with Crippen molar-refractivity contribution in [2.24, 2.45) is 0 Å². The molecule has 2 N–H and O–H groups in total. The number of rotatable bonds is 2. The molecule has 2 aromatic carbocycles. The van der Waals surface area contributed by atoms with Crippen LogP contribution in [0.1, 0.15) is 5.56 Å². The molecule has 1 heterocycles.